The van der Waals surface area contributed by atoms with Crippen LogP contribution in [0.2, 0.25) is 10.0 Å². The van der Waals surface area contributed by atoms with E-state index < -0.39 is 0 Å². The number of ether oxygens (including phenoxy) is 2. The molecule has 0 aliphatic carbocycles. The van der Waals surface area contributed by atoms with Gasteiger partial charge >= 0.3 is 0 Å². The van der Waals surface area contributed by atoms with E-state index in [9.17, 15) is 0 Å². The minimum atomic E-state index is 0.628. The van der Waals surface area contributed by atoms with Crippen LogP contribution in [0.1, 0.15) is 0 Å². The van der Waals surface area contributed by atoms with Crippen molar-refractivity contribution in [1.29, 1.82) is 0 Å². The topological polar surface area (TPSA) is 71.5 Å². The maximum Gasteiger partial charge on any atom is 0.0737 e. The molecule has 4 aromatic rings. The Morgan fingerprint density at radius 2 is 1.17 bits per heavy atom. The number of likely N-dealkylation sites (N-methyl/N-ethyl adjacent to an activating group) is 1. The van der Waals surface area contributed by atoms with Crippen molar-refractivity contribution >= 4 is 56.4 Å². The summed E-state index contributed by atoms with van der Waals surface area (Å²) in [6.07, 6.45) is 3.57. The van der Waals surface area contributed by atoms with E-state index >= 15 is 0 Å². The van der Waals surface area contributed by atoms with Gasteiger partial charge in [0.2, 0.25) is 0 Å². The minimum absolute atomic E-state index is 0.628. The summed E-state index contributed by atoms with van der Waals surface area (Å²) in [5, 5.41) is 10.3. The van der Waals surface area contributed by atoms with Crippen molar-refractivity contribution in [3.05, 3.63) is 71.0 Å². The molecule has 0 spiro atoms. The van der Waals surface area contributed by atoms with E-state index in [0.717, 1.165) is 59.4 Å². The highest BCUT2D eigenvalue weighted by Crippen LogP contribution is 2.25. The van der Waals surface area contributed by atoms with Crippen molar-refractivity contribution in [1.82, 2.24) is 14.9 Å². The molecule has 2 N–H and O–H groups in total. The molecule has 0 unspecified atom stereocenters. The number of hydrogen-bond donors (Lipinski definition) is 2. The van der Waals surface area contributed by atoms with Crippen molar-refractivity contribution < 1.29 is 9.47 Å². The van der Waals surface area contributed by atoms with E-state index in [-0.39, 0.29) is 0 Å². The second-order valence-corrected chi connectivity index (χ2v) is 9.29. The zero-order valence-electron chi connectivity index (χ0n) is 20.3. The number of benzene rings is 2. The molecule has 7 nitrogen and oxygen atoms in total. The van der Waals surface area contributed by atoms with E-state index in [2.05, 4.69) is 32.5 Å². The van der Waals surface area contributed by atoms with Gasteiger partial charge in [-0.3, -0.25) is 9.97 Å². The van der Waals surface area contributed by atoms with Gasteiger partial charge in [-0.15, -0.1) is 0 Å². The summed E-state index contributed by atoms with van der Waals surface area (Å²) in [6.45, 7) is 5.75. The summed E-state index contributed by atoms with van der Waals surface area (Å²) in [7, 11) is 2.08. The highest BCUT2D eigenvalue weighted by Gasteiger charge is 2.04. The predicted molar refractivity (Wildman–Crippen MR) is 150 cm³/mol. The lowest BCUT2D eigenvalue weighted by Crippen LogP contribution is -2.28. The van der Waals surface area contributed by atoms with Gasteiger partial charge < -0.3 is 25.0 Å². The molecule has 2 heterocycles. The lowest BCUT2D eigenvalue weighted by atomic mass is 10.2. The van der Waals surface area contributed by atoms with Crippen LogP contribution in [0.3, 0.4) is 0 Å². The molecule has 0 atom stereocenters. The first-order valence-corrected chi connectivity index (χ1v) is 12.8. The van der Waals surface area contributed by atoms with Gasteiger partial charge in [0.05, 0.1) is 37.5 Å². The highest BCUT2D eigenvalue weighted by atomic mass is 35.5. The Morgan fingerprint density at radius 1 is 0.694 bits per heavy atom. The fraction of sp³-hybridized carbons (Fsp3) is 0.333. The number of hydrogen-bond acceptors (Lipinski definition) is 7. The number of pyridine rings is 2. The van der Waals surface area contributed by atoms with E-state index in [0.29, 0.717) is 36.5 Å². The second-order valence-electron chi connectivity index (χ2n) is 8.42. The van der Waals surface area contributed by atoms with Crippen LogP contribution < -0.4 is 10.6 Å². The van der Waals surface area contributed by atoms with Crippen LogP contribution >= 0.6 is 23.2 Å². The summed E-state index contributed by atoms with van der Waals surface area (Å²) in [4.78, 5) is 10.9. The normalized spacial score (nSPS) is 11.4. The first-order valence-electron chi connectivity index (χ1n) is 12.0. The molecule has 9 heteroatoms. The molecule has 190 valence electrons. The Bertz CT molecular complexity index is 1180. The van der Waals surface area contributed by atoms with E-state index in [1.54, 1.807) is 12.4 Å². The van der Waals surface area contributed by atoms with Gasteiger partial charge in [-0.2, -0.15) is 0 Å². The standard InChI is InChI=1S/C27H31Cl2N5O2/c1-34(12-16-35-14-10-32-24-6-8-30-26-18-20(28)2-4-22(24)26)13-17-36-15-11-33-25-7-9-31-27-19-21(29)3-5-23(25)27/h2-9,18-19H,10-17H2,1H3,(H,30,32)(H,31,33). The Kier molecular flexibility index (Phi) is 9.95. The Hall–Kier alpha value is -2.68. The molecule has 0 fully saturated rings. The van der Waals surface area contributed by atoms with Crippen LogP contribution in [0.25, 0.3) is 21.8 Å². The Balaban J connectivity index is 1.04. The lowest BCUT2D eigenvalue weighted by molar-refractivity contribution is 0.0911. The molecule has 2 aromatic heterocycles. The molecule has 0 bridgehead atoms. The zero-order valence-corrected chi connectivity index (χ0v) is 21.9. The van der Waals surface area contributed by atoms with Gasteiger partial charge in [-0.25, -0.2) is 0 Å². The summed E-state index contributed by atoms with van der Waals surface area (Å²) < 4.78 is 11.6. The van der Waals surface area contributed by atoms with Crippen molar-refractivity contribution in [2.75, 3.05) is 70.3 Å². The van der Waals surface area contributed by atoms with Crippen molar-refractivity contribution in [3.63, 3.8) is 0 Å². The second kappa shape index (κ2) is 13.6. The summed E-state index contributed by atoms with van der Waals surface area (Å²) >= 11 is 12.1. The smallest absolute Gasteiger partial charge is 0.0737 e. The van der Waals surface area contributed by atoms with Crippen LogP contribution in [0.5, 0.6) is 0 Å². The van der Waals surface area contributed by atoms with Gasteiger partial charge in [-0.1, -0.05) is 23.2 Å². The molecule has 0 saturated heterocycles. The molecule has 0 saturated carbocycles. The average molecular weight is 528 g/mol. The number of fused-ring (bicyclic) bond motifs is 2. The quantitative estimate of drug-likeness (QED) is 0.207. The fourth-order valence-corrected chi connectivity index (χ4v) is 4.16. The predicted octanol–water partition coefficient (Wildman–Crippen LogP) is 5.58. The van der Waals surface area contributed by atoms with Gasteiger partial charge in [-0.05, 0) is 55.6 Å². The molecule has 0 radical (unpaired) electrons. The Morgan fingerprint density at radius 3 is 1.64 bits per heavy atom. The third-order valence-electron chi connectivity index (χ3n) is 5.77. The third-order valence-corrected chi connectivity index (χ3v) is 6.24. The van der Waals surface area contributed by atoms with Crippen LogP contribution in [0.4, 0.5) is 11.4 Å². The van der Waals surface area contributed by atoms with E-state index in [4.69, 9.17) is 32.7 Å². The van der Waals surface area contributed by atoms with Gasteiger partial charge in [0, 0.05) is 70.8 Å². The average Bonchev–Trinajstić information content (AvgIpc) is 2.87. The van der Waals surface area contributed by atoms with Crippen molar-refractivity contribution in [2.45, 2.75) is 0 Å². The lowest BCUT2D eigenvalue weighted by Gasteiger charge is -2.17. The summed E-state index contributed by atoms with van der Waals surface area (Å²) in [6, 6.07) is 15.4. The first kappa shape index (κ1) is 26.4. The van der Waals surface area contributed by atoms with E-state index in [1.807, 2.05) is 48.5 Å². The molecule has 36 heavy (non-hydrogen) atoms. The third kappa shape index (κ3) is 7.66. The van der Waals surface area contributed by atoms with Gasteiger partial charge in [0.15, 0.2) is 0 Å². The number of halogens is 2. The SMILES string of the molecule is CN(CCOCCNc1ccnc2cc(Cl)ccc12)CCOCCNc1ccnc2cc(Cl)ccc12. The van der Waals surface area contributed by atoms with E-state index in [1.165, 1.54) is 0 Å². The monoisotopic (exact) mass is 527 g/mol. The first-order chi connectivity index (χ1) is 17.6. The van der Waals surface area contributed by atoms with Crippen LogP contribution in [-0.4, -0.2) is 74.5 Å². The number of nitrogens with zero attached hydrogens (tertiary/aromatic N) is 3. The molecular weight excluding hydrogens is 497 g/mol. The molecule has 0 amide bonds. The van der Waals surface area contributed by atoms with Gasteiger partial charge in [0.1, 0.15) is 0 Å². The van der Waals surface area contributed by atoms with Crippen molar-refractivity contribution in [2.24, 2.45) is 0 Å². The molecular formula is C27H31Cl2N5O2. The fourth-order valence-electron chi connectivity index (χ4n) is 3.82. The maximum absolute atomic E-state index is 6.06. The van der Waals surface area contributed by atoms with Crippen LogP contribution in [0.15, 0.2) is 60.9 Å². The number of anilines is 2. The molecule has 0 aliphatic rings. The number of nitrogens with one attached hydrogen (secondary N) is 2. The summed E-state index contributed by atoms with van der Waals surface area (Å²) in [5.74, 6) is 0. The Labute approximate surface area is 221 Å². The van der Waals surface area contributed by atoms with Gasteiger partial charge in [0.25, 0.3) is 0 Å². The maximum atomic E-state index is 6.06. The zero-order chi connectivity index (χ0) is 25.2. The highest BCUT2D eigenvalue weighted by molar-refractivity contribution is 6.31. The van der Waals surface area contributed by atoms with Crippen LogP contribution in [0, 0.1) is 0 Å². The molecule has 2 aromatic carbocycles. The van der Waals surface area contributed by atoms with Crippen LogP contribution in [-0.2, 0) is 9.47 Å². The number of aromatic nitrogens is 2. The molecule has 0 aliphatic heterocycles. The minimum Gasteiger partial charge on any atom is -0.382 e. The largest absolute Gasteiger partial charge is 0.382 e. The number of rotatable bonds is 14. The molecule has 4 rings (SSSR count). The van der Waals surface area contributed by atoms with Crippen molar-refractivity contribution in [3.8, 4) is 0 Å². The summed E-state index contributed by atoms with van der Waals surface area (Å²) in [5.41, 5.74) is 3.82.